The highest BCUT2D eigenvalue weighted by atomic mass is 16.4. The summed E-state index contributed by atoms with van der Waals surface area (Å²) >= 11 is 0. The molecular formula is C11H25N3O2. The predicted octanol–water partition coefficient (Wildman–Crippen LogP) is -0.0674. The predicted molar refractivity (Wildman–Crippen MR) is 65.8 cm³/mol. The summed E-state index contributed by atoms with van der Waals surface area (Å²) in [6, 6.07) is 0. The first-order valence-electron chi connectivity index (χ1n) is 5.57. The van der Waals surface area contributed by atoms with Gasteiger partial charge in [-0.2, -0.15) is 0 Å². The molecule has 1 atom stereocenters. The summed E-state index contributed by atoms with van der Waals surface area (Å²) in [6.07, 6.45) is 1.04. The van der Waals surface area contributed by atoms with Crippen LogP contribution >= 0.6 is 0 Å². The third kappa shape index (κ3) is 5.44. The Hall–Kier alpha value is -0.650. The van der Waals surface area contributed by atoms with Crippen LogP contribution in [0, 0.1) is 0 Å². The van der Waals surface area contributed by atoms with E-state index in [9.17, 15) is 4.79 Å². The summed E-state index contributed by atoms with van der Waals surface area (Å²) in [4.78, 5) is 15.2. The van der Waals surface area contributed by atoms with Crippen LogP contribution in [-0.4, -0.2) is 74.2 Å². The van der Waals surface area contributed by atoms with Crippen molar-refractivity contribution in [1.29, 1.82) is 0 Å². The molecule has 96 valence electrons. The van der Waals surface area contributed by atoms with Gasteiger partial charge in [0.2, 0.25) is 0 Å². The van der Waals surface area contributed by atoms with Crippen molar-refractivity contribution in [3.8, 4) is 0 Å². The molecular weight excluding hydrogens is 206 g/mol. The Bertz CT molecular complexity index is 221. The van der Waals surface area contributed by atoms with Gasteiger partial charge in [-0.05, 0) is 54.6 Å². The fourth-order valence-electron chi connectivity index (χ4n) is 1.53. The van der Waals surface area contributed by atoms with E-state index in [4.69, 9.17) is 5.11 Å². The van der Waals surface area contributed by atoms with Crippen molar-refractivity contribution in [2.24, 2.45) is 0 Å². The Kier molecular flexibility index (Phi) is 6.55. The minimum atomic E-state index is -0.868. The second-order valence-corrected chi connectivity index (χ2v) is 4.78. The first kappa shape index (κ1) is 15.3. The number of carboxylic acids is 1. The van der Waals surface area contributed by atoms with E-state index in [1.165, 1.54) is 0 Å². The SMILES string of the molecule is CNC(C)(CN(C)CCCN(C)C)C(=O)O. The van der Waals surface area contributed by atoms with Crippen molar-refractivity contribution in [3.63, 3.8) is 0 Å². The first-order valence-corrected chi connectivity index (χ1v) is 5.57. The van der Waals surface area contributed by atoms with Crippen LogP contribution in [0.1, 0.15) is 13.3 Å². The maximum Gasteiger partial charge on any atom is 0.324 e. The smallest absolute Gasteiger partial charge is 0.324 e. The number of rotatable bonds is 8. The third-order valence-electron chi connectivity index (χ3n) is 2.76. The maximum atomic E-state index is 11.1. The van der Waals surface area contributed by atoms with Crippen molar-refractivity contribution in [1.82, 2.24) is 15.1 Å². The zero-order valence-electron chi connectivity index (χ0n) is 11.1. The van der Waals surface area contributed by atoms with Gasteiger partial charge in [-0.1, -0.05) is 0 Å². The molecule has 0 aliphatic carbocycles. The largest absolute Gasteiger partial charge is 0.480 e. The number of hydrogen-bond donors (Lipinski definition) is 2. The molecule has 0 spiro atoms. The number of nitrogens with zero attached hydrogens (tertiary/aromatic N) is 2. The summed E-state index contributed by atoms with van der Waals surface area (Å²) in [5.41, 5.74) is -0.868. The monoisotopic (exact) mass is 231 g/mol. The average Bonchev–Trinajstić information content (AvgIpc) is 2.16. The summed E-state index contributed by atoms with van der Waals surface area (Å²) in [7, 11) is 7.71. The number of nitrogens with one attached hydrogen (secondary N) is 1. The Morgan fingerprint density at radius 2 is 1.88 bits per heavy atom. The van der Waals surface area contributed by atoms with Crippen LogP contribution in [0.5, 0.6) is 0 Å². The number of likely N-dealkylation sites (N-methyl/N-ethyl adjacent to an activating group) is 2. The number of carbonyl (C=O) groups is 1. The number of carboxylic acid groups (broad SMARTS) is 1. The molecule has 0 saturated heterocycles. The van der Waals surface area contributed by atoms with E-state index in [0.29, 0.717) is 6.54 Å². The van der Waals surface area contributed by atoms with E-state index in [-0.39, 0.29) is 0 Å². The van der Waals surface area contributed by atoms with Gasteiger partial charge in [-0.15, -0.1) is 0 Å². The Morgan fingerprint density at radius 3 is 2.25 bits per heavy atom. The topological polar surface area (TPSA) is 55.8 Å². The summed E-state index contributed by atoms with van der Waals surface area (Å²) in [5.74, 6) is -0.811. The van der Waals surface area contributed by atoms with E-state index in [0.717, 1.165) is 19.5 Å². The molecule has 0 heterocycles. The van der Waals surface area contributed by atoms with Crippen molar-refractivity contribution < 1.29 is 9.90 Å². The quantitative estimate of drug-likeness (QED) is 0.612. The van der Waals surface area contributed by atoms with Crippen molar-refractivity contribution in [3.05, 3.63) is 0 Å². The van der Waals surface area contributed by atoms with Crippen LogP contribution in [0.2, 0.25) is 0 Å². The zero-order valence-corrected chi connectivity index (χ0v) is 11.1. The third-order valence-corrected chi connectivity index (χ3v) is 2.76. The molecule has 5 heteroatoms. The summed E-state index contributed by atoms with van der Waals surface area (Å²) in [5, 5.41) is 12.0. The molecule has 0 aliphatic rings. The molecule has 0 aromatic rings. The minimum absolute atomic E-state index is 0.506. The lowest BCUT2D eigenvalue weighted by Crippen LogP contribution is -2.55. The molecule has 1 unspecified atom stereocenters. The lowest BCUT2D eigenvalue weighted by molar-refractivity contribution is -0.144. The molecule has 5 nitrogen and oxygen atoms in total. The van der Waals surface area contributed by atoms with Crippen LogP contribution in [0.25, 0.3) is 0 Å². The van der Waals surface area contributed by atoms with Crippen LogP contribution < -0.4 is 5.32 Å². The molecule has 0 radical (unpaired) electrons. The maximum absolute atomic E-state index is 11.1. The lowest BCUT2D eigenvalue weighted by atomic mass is 10.0. The van der Waals surface area contributed by atoms with Gasteiger partial charge in [0.15, 0.2) is 0 Å². The minimum Gasteiger partial charge on any atom is -0.480 e. The van der Waals surface area contributed by atoms with Gasteiger partial charge in [0.05, 0.1) is 0 Å². The zero-order chi connectivity index (χ0) is 12.8. The second-order valence-electron chi connectivity index (χ2n) is 4.78. The molecule has 0 amide bonds. The summed E-state index contributed by atoms with van der Waals surface area (Å²) < 4.78 is 0. The van der Waals surface area contributed by atoms with Crippen molar-refractivity contribution >= 4 is 5.97 Å². The van der Waals surface area contributed by atoms with E-state index in [1.807, 2.05) is 26.0 Å². The molecule has 0 aromatic heterocycles. The van der Waals surface area contributed by atoms with Gasteiger partial charge >= 0.3 is 5.97 Å². The average molecular weight is 231 g/mol. The number of aliphatic carboxylic acids is 1. The van der Waals surface area contributed by atoms with Crippen LogP contribution in [0.3, 0.4) is 0 Å². The molecule has 0 rings (SSSR count). The van der Waals surface area contributed by atoms with E-state index >= 15 is 0 Å². The fourth-order valence-corrected chi connectivity index (χ4v) is 1.53. The Labute approximate surface area is 98.4 Å². The molecule has 0 aliphatic heterocycles. The van der Waals surface area contributed by atoms with Crippen molar-refractivity contribution in [2.75, 3.05) is 47.8 Å². The highest BCUT2D eigenvalue weighted by Crippen LogP contribution is 2.05. The van der Waals surface area contributed by atoms with Gasteiger partial charge in [0.25, 0.3) is 0 Å². The van der Waals surface area contributed by atoms with Gasteiger partial charge in [-0.3, -0.25) is 4.79 Å². The van der Waals surface area contributed by atoms with Crippen LogP contribution in [0.4, 0.5) is 0 Å². The van der Waals surface area contributed by atoms with Gasteiger partial charge < -0.3 is 20.2 Å². The first-order chi connectivity index (χ1) is 7.31. The molecule has 0 saturated carbocycles. The van der Waals surface area contributed by atoms with Crippen LogP contribution in [0.15, 0.2) is 0 Å². The second kappa shape index (κ2) is 6.83. The lowest BCUT2D eigenvalue weighted by Gasteiger charge is -2.29. The van der Waals surface area contributed by atoms with Gasteiger partial charge in [0, 0.05) is 6.54 Å². The van der Waals surface area contributed by atoms with Crippen molar-refractivity contribution in [2.45, 2.75) is 18.9 Å². The number of hydrogen-bond acceptors (Lipinski definition) is 4. The highest BCUT2D eigenvalue weighted by Gasteiger charge is 2.32. The van der Waals surface area contributed by atoms with E-state index in [1.54, 1.807) is 14.0 Å². The molecule has 16 heavy (non-hydrogen) atoms. The van der Waals surface area contributed by atoms with Gasteiger partial charge in [-0.25, -0.2) is 0 Å². The molecule has 0 bridgehead atoms. The van der Waals surface area contributed by atoms with E-state index in [2.05, 4.69) is 10.2 Å². The van der Waals surface area contributed by atoms with Gasteiger partial charge in [0.1, 0.15) is 5.54 Å². The molecule has 0 aromatic carbocycles. The van der Waals surface area contributed by atoms with E-state index < -0.39 is 11.5 Å². The normalized spacial score (nSPS) is 15.4. The fraction of sp³-hybridized carbons (Fsp3) is 0.909. The molecule has 2 N–H and O–H groups in total. The molecule has 0 fully saturated rings. The van der Waals surface area contributed by atoms with Crippen LogP contribution in [-0.2, 0) is 4.79 Å². The highest BCUT2D eigenvalue weighted by molar-refractivity contribution is 5.78. The summed E-state index contributed by atoms with van der Waals surface area (Å²) in [6.45, 7) is 4.14. The standard InChI is InChI=1S/C11H25N3O2/c1-11(12-2,10(15)16)9-14(5)8-6-7-13(3)4/h12H,6-9H2,1-5H3,(H,15,16). The Morgan fingerprint density at radius 1 is 1.31 bits per heavy atom. The Balaban J connectivity index is 4.02.